The first-order valence-corrected chi connectivity index (χ1v) is 6.91. The van der Waals surface area contributed by atoms with E-state index in [-0.39, 0.29) is 17.8 Å². The average molecular weight is 334 g/mol. The minimum absolute atomic E-state index is 0.109. The van der Waals surface area contributed by atoms with E-state index in [4.69, 9.17) is 11.6 Å². The van der Waals surface area contributed by atoms with Crippen LogP contribution in [-0.2, 0) is 4.79 Å². The van der Waals surface area contributed by atoms with Crippen molar-refractivity contribution >= 4 is 34.8 Å². The molecule has 2 aromatic rings. The van der Waals surface area contributed by atoms with Gasteiger partial charge in [-0.2, -0.15) is 0 Å². The Hall–Kier alpha value is -2.93. The Morgan fingerprint density at radius 2 is 1.65 bits per heavy atom. The second kappa shape index (κ2) is 7.37. The lowest BCUT2D eigenvalue weighted by Crippen LogP contribution is -2.32. The number of nitrogens with one attached hydrogen (secondary N) is 2. The molecule has 0 aliphatic heterocycles. The number of hydrogen-bond acceptors (Lipinski definition) is 4. The van der Waals surface area contributed by atoms with Gasteiger partial charge in [0.2, 0.25) is 5.91 Å². The van der Waals surface area contributed by atoms with Gasteiger partial charge >= 0.3 is 0 Å². The Bertz CT molecular complexity index is 729. The van der Waals surface area contributed by atoms with Gasteiger partial charge in [0.25, 0.3) is 11.6 Å². The van der Waals surface area contributed by atoms with Gasteiger partial charge in [0, 0.05) is 28.4 Å². The van der Waals surface area contributed by atoms with Gasteiger partial charge < -0.3 is 10.6 Å². The highest BCUT2D eigenvalue weighted by molar-refractivity contribution is 6.30. The second-order valence-corrected chi connectivity index (χ2v) is 4.98. The lowest BCUT2D eigenvalue weighted by Gasteiger charge is -2.07. The van der Waals surface area contributed by atoms with Gasteiger partial charge in [-0.05, 0) is 36.4 Å². The summed E-state index contributed by atoms with van der Waals surface area (Å²) in [5.74, 6) is -0.895. The van der Waals surface area contributed by atoms with Crippen LogP contribution in [-0.4, -0.2) is 23.3 Å². The third-order valence-corrected chi connectivity index (χ3v) is 3.13. The number of rotatable bonds is 5. The Morgan fingerprint density at radius 3 is 2.22 bits per heavy atom. The number of nitrogens with zero attached hydrogens (tertiary/aromatic N) is 1. The molecule has 2 rings (SSSR count). The molecule has 0 heterocycles. The maximum atomic E-state index is 11.8. The molecule has 2 N–H and O–H groups in total. The van der Waals surface area contributed by atoms with E-state index in [1.54, 1.807) is 24.3 Å². The normalized spacial score (nSPS) is 9.96. The number of nitro groups is 1. The van der Waals surface area contributed by atoms with Crippen LogP contribution in [0.2, 0.25) is 5.02 Å². The van der Waals surface area contributed by atoms with E-state index in [0.29, 0.717) is 10.7 Å². The lowest BCUT2D eigenvalue weighted by molar-refractivity contribution is -0.384. The zero-order chi connectivity index (χ0) is 16.8. The van der Waals surface area contributed by atoms with Gasteiger partial charge in [-0.3, -0.25) is 19.7 Å². The molecule has 7 nitrogen and oxygen atoms in total. The van der Waals surface area contributed by atoms with Crippen LogP contribution in [0.3, 0.4) is 0 Å². The first-order chi connectivity index (χ1) is 11.0. The SMILES string of the molecule is O=C(CNC(=O)c1ccc([N+](=O)[O-])cc1)Nc1ccc(Cl)cc1. The van der Waals surface area contributed by atoms with Gasteiger partial charge in [-0.1, -0.05) is 11.6 Å². The van der Waals surface area contributed by atoms with Crippen molar-refractivity contribution < 1.29 is 14.5 Å². The summed E-state index contributed by atoms with van der Waals surface area (Å²) >= 11 is 5.74. The fourth-order valence-electron chi connectivity index (χ4n) is 1.74. The molecule has 0 aromatic heterocycles. The second-order valence-electron chi connectivity index (χ2n) is 4.54. The van der Waals surface area contributed by atoms with E-state index in [1.165, 1.54) is 24.3 Å². The maximum Gasteiger partial charge on any atom is 0.269 e. The molecule has 0 fully saturated rings. The van der Waals surface area contributed by atoms with Crippen molar-refractivity contribution in [3.63, 3.8) is 0 Å². The zero-order valence-electron chi connectivity index (χ0n) is 11.8. The van der Waals surface area contributed by atoms with Crippen LogP contribution in [0.4, 0.5) is 11.4 Å². The Labute approximate surface area is 136 Å². The van der Waals surface area contributed by atoms with E-state index in [0.717, 1.165) is 0 Å². The predicted molar refractivity (Wildman–Crippen MR) is 85.5 cm³/mol. The molecule has 0 atom stereocenters. The molecule has 0 unspecified atom stereocenters. The fourth-order valence-corrected chi connectivity index (χ4v) is 1.86. The Kier molecular flexibility index (Phi) is 5.27. The van der Waals surface area contributed by atoms with Crippen molar-refractivity contribution in [3.05, 3.63) is 69.2 Å². The topological polar surface area (TPSA) is 101 Å². The molecule has 0 aliphatic carbocycles. The molecule has 0 spiro atoms. The average Bonchev–Trinajstić information content (AvgIpc) is 2.55. The summed E-state index contributed by atoms with van der Waals surface area (Å²) in [6.07, 6.45) is 0. The fraction of sp³-hybridized carbons (Fsp3) is 0.0667. The number of anilines is 1. The summed E-state index contributed by atoms with van der Waals surface area (Å²) in [7, 11) is 0. The van der Waals surface area contributed by atoms with Crippen LogP contribution in [0.15, 0.2) is 48.5 Å². The lowest BCUT2D eigenvalue weighted by atomic mass is 10.2. The molecule has 0 saturated heterocycles. The summed E-state index contributed by atoms with van der Waals surface area (Å²) in [6.45, 7) is -0.224. The van der Waals surface area contributed by atoms with Gasteiger partial charge in [0.15, 0.2) is 0 Å². The highest BCUT2D eigenvalue weighted by Crippen LogP contribution is 2.13. The largest absolute Gasteiger partial charge is 0.343 e. The molecule has 2 amide bonds. The smallest absolute Gasteiger partial charge is 0.269 e. The van der Waals surface area contributed by atoms with Crippen molar-refractivity contribution in [2.75, 3.05) is 11.9 Å². The molecule has 118 valence electrons. The van der Waals surface area contributed by atoms with Crippen LogP contribution < -0.4 is 10.6 Å². The van der Waals surface area contributed by atoms with E-state index in [1.807, 2.05) is 0 Å². The molecule has 0 bridgehead atoms. The molecule has 2 aromatic carbocycles. The van der Waals surface area contributed by atoms with Crippen molar-refractivity contribution in [3.8, 4) is 0 Å². The maximum absolute atomic E-state index is 11.8. The number of amides is 2. The molecule has 0 saturated carbocycles. The number of benzene rings is 2. The monoisotopic (exact) mass is 333 g/mol. The summed E-state index contributed by atoms with van der Waals surface area (Å²) < 4.78 is 0. The molecular formula is C15H12ClN3O4. The zero-order valence-corrected chi connectivity index (χ0v) is 12.5. The number of non-ortho nitro benzene ring substituents is 1. The van der Waals surface area contributed by atoms with E-state index in [9.17, 15) is 19.7 Å². The van der Waals surface area contributed by atoms with Crippen LogP contribution in [0.5, 0.6) is 0 Å². The van der Waals surface area contributed by atoms with Crippen LogP contribution in [0.1, 0.15) is 10.4 Å². The van der Waals surface area contributed by atoms with Crippen molar-refractivity contribution in [1.82, 2.24) is 5.32 Å². The molecule has 23 heavy (non-hydrogen) atoms. The van der Waals surface area contributed by atoms with Gasteiger partial charge in [-0.25, -0.2) is 0 Å². The van der Waals surface area contributed by atoms with Gasteiger partial charge in [0.05, 0.1) is 11.5 Å². The third kappa shape index (κ3) is 4.79. The summed E-state index contributed by atoms with van der Waals surface area (Å²) in [6, 6.07) is 11.6. The van der Waals surface area contributed by atoms with E-state index in [2.05, 4.69) is 10.6 Å². The summed E-state index contributed by atoms with van der Waals surface area (Å²) in [5, 5.41) is 16.1. The number of carbonyl (C=O) groups excluding carboxylic acids is 2. The van der Waals surface area contributed by atoms with Crippen molar-refractivity contribution in [1.29, 1.82) is 0 Å². The minimum atomic E-state index is -0.554. The predicted octanol–water partition coefficient (Wildman–Crippen LogP) is 2.62. The minimum Gasteiger partial charge on any atom is -0.343 e. The third-order valence-electron chi connectivity index (χ3n) is 2.88. The van der Waals surface area contributed by atoms with Crippen molar-refractivity contribution in [2.45, 2.75) is 0 Å². The molecule has 8 heteroatoms. The number of nitro benzene ring substituents is 1. The number of hydrogen-bond donors (Lipinski definition) is 2. The number of halogens is 1. The Morgan fingerprint density at radius 1 is 1.04 bits per heavy atom. The first-order valence-electron chi connectivity index (χ1n) is 6.54. The van der Waals surface area contributed by atoms with E-state index < -0.39 is 16.7 Å². The molecular weight excluding hydrogens is 322 g/mol. The summed E-state index contributed by atoms with van der Waals surface area (Å²) in [4.78, 5) is 33.6. The van der Waals surface area contributed by atoms with Crippen LogP contribution in [0, 0.1) is 10.1 Å². The Balaban J connectivity index is 1.87. The van der Waals surface area contributed by atoms with E-state index >= 15 is 0 Å². The van der Waals surface area contributed by atoms with Crippen LogP contribution in [0.25, 0.3) is 0 Å². The standard InChI is InChI=1S/C15H12ClN3O4/c16-11-3-5-12(6-4-11)18-14(20)9-17-15(21)10-1-7-13(8-2-10)19(22)23/h1-8H,9H2,(H,17,21)(H,18,20). The molecule has 0 radical (unpaired) electrons. The number of carbonyl (C=O) groups is 2. The van der Waals surface area contributed by atoms with Gasteiger partial charge in [-0.15, -0.1) is 0 Å². The molecule has 0 aliphatic rings. The van der Waals surface area contributed by atoms with Gasteiger partial charge in [0.1, 0.15) is 0 Å². The summed E-state index contributed by atoms with van der Waals surface area (Å²) in [5.41, 5.74) is 0.681. The highest BCUT2D eigenvalue weighted by atomic mass is 35.5. The quantitative estimate of drug-likeness (QED) is 0.648. The van der Waals surface area contributed by atoms with Crippen LogP contribution >= 0.6 is 11.6 Å². The highest BCUT2D eigenvalue weighted by Gasteiger charge is 2.10. The van der Waals surface area contributed by atoms with Crippen molar-refractivity contribution in [2.24, 2.45) is 0 Å². The first kappa shape index (κ1) is 16.4.